The second-order valence-electron chi connectivity index (χ2n) is 9.25. The molecule has 1 aliphatic rings. The second kappa shape index (κ2) is 8.91. The molecule has 1 aliphatic heterocycles. The topological polar surface area (TPSA) is 75.5 Å². The molecule has 7 heteroatoms. The van der Waals surface area contributed by atoms with Crippen LogP contribution in [0.5, 0.6) is 5.75 Å². The number of pyridine rings is 1. The Labute approximate surface area is 203 Å². The molecule has 1 amide bonds. The fourth-order valence-electron chi connectivity index (χ4n) is 4.81. The predicted octanol–water partition coefficient (Wildman–Crippen LogP) is 5.12. The number of nitrogens with one attached hydrogen (secondary N) is 1. The summed E-state index contributed by atoms with van der Waals surface area (Å²) in [5.74, 6) is 1.95. The van der Waals surface area contributed by atoms with Gasteiger partial charge in [0.2, 0.25) is 0 Å². The lowest BCUT2D eigenvalue weighted by Crippen LogP contribution is -2.39. The number of hydrogen-bond acceptors (Lipinski definition) is 4. The highest BCUT2D eigenvalue weighted by Crippen LogP contribution is 2.28. The number of ether oxygens (including phenoxy) is 1. The number of carbonyl (C=O) groups is 1. The second-order valence-corrected chi connectivity index (χ2v) is 9.25. The van der Waals surface area contributed by atoms with E-state index in [9.17, 15) is 4.79 Å². The number of para-hydroxylation sites is 2. The molecule has 1 N–H and O–H groups in total. The molecule has 5 aromatic rings. The zero-order valence-corrected chi connectivity index (χ0v) is 19.6. The molecule has 0 saturated carbocycles. The Morgan fingerprint density at radius 2 is 1.91 bits per heavy atom. The minimum absolute atomic E-state index is 0.0491. The molecule has 6 rings (SSSR count). The predicted molar refractivity (Wildman–Crippen MR) is 135 cm³/mol. The maximum absolute atomic E-state index is 13.2. The Morgan fingerprint density at radius 1 is 1.06 bits per heavy atom. The van der Waals surface area contributed by atoms with Crippen LogP contribution in [0.4, 0.5) is 0 Å². The molecule has 0 bridgehead atoms. The van der Waals surface area contributed by atoms with E-state index in [1.807, 2.05) is 82.4 Å². The van der Waals surface area contributed by atoms with Gasteiger partial charge in [0, 0.05) is 37.0 Å². The molecule has 1 saturated heterocycles. The Hall–Kier alpha value is -4.13. The normalized spacial score (nSPS) is 16.1. The maximum Gasteiger partial charge on any atom is 0.253 e. The number of likely N-dealkylation sites (tertiary alicyclic amines) is 1. The summed E-state index contributed by atoms with van der Waals surface area (Å²) in [7, 11) is 0. The number of amides is 1. The van der Waals surface area contributed by atoms with E-state index in [-0.39, 0.29) is 11.8 Å². The van der Waals surface area contributed by atoms with Gasteiger partial charge in [-0.2, -0.15) is 0 Å². The van der Waals surface area contributed by atoms with Crippen LogP contribution in [0, 0.1) is 6.92 Å². The number of nitrogens with zero attached hydrogens (tertiary/aromatic N) is 4. The van der Waals surface area contributed by atoms with Crippen LogP contribution in [0.25, 0.3) is 16.7 Å². The van der Waals surface area contributed by atoms with Gasteiger partial charge >= 0.3 is 0 Å². The van der Waals surface area contributed by atoms with Gasteiger partial charge in [0.25, 0.3) is 5.91 Å². The molecule has 35 heavy (non-hydrogen) atoms. The van der Waals surface area contributed by atoms with Crippen molar-refractivity contribution in [2.24, 2.45) is 0 Å². The molecular weight excluding hydrogens is 438 g/mol. The molecule has 1 atom stereocenters. The van der Waals surface area contributed by atoms with Crippen LogP contribution >= 0.6 is 0 Å². The van der Waals surface area contributed by atoms with Gasteiger partial charge in [-0.1, -0.05) is 18.2 Å². The van der Waals surface area contributed by atoms with Crippen LogP contribution in [0.2, 0.25) is 0 Å². The van der Waals surface area contributed by atoms with Gasteiger partial charge in [-0.05, 0) is 67.8 Å². The lowest BCUT2D eigenvalue weighted by atomic mass is 9.96. The Balaban J connectivity index is 1.10. The molecule has 0 aliphatic carbocycles. The summed E-state index contributed by atoms with van der Waals surface area (Å²) in [6.45, 7) is 3.87. The summed E-state index contributed by atoms with van der Waals surface area (Å²) < 4.78 is 7.93. The van der Waals surface area contributed by atoms with E-state index < -0.39 is 0 Å². The van der Waals surface area contributed by atoms with Crippen LogP contribution < -0.4 is 4.74 Å². The van der Waals surface area contributed by atoms with E-state index in [1.165, 1.54) is 5.56 Å². The van der Waals surface area contributed by atoms with Crippen molar-refractivity contribution in [1.29, 1.82) is 0 Å². The molecule has 0 spiro atoms. The van der Waals surface area contributed by atoms with Crippen molar-refractivity contribution in [3.8, 4) is 5.75 Å². The molecule has 0 unspecified atom stereocenters. The standard InChI is InChI=1S/C28H27N5O2/c1-19-8-13-26-29-22(17-33(26)15-19)18-35-23-11-9-20(10-12-23)28(34)32-14-4-5-21(16-32)27-30-24-6-2-3-7-25(24)31-27/h2-3,6-13,15,17,21H,4-5,14,16,18H2,1H3,(H,30,31)/t21-/m1/s1. The Morgan fingerprint density at radius 3 is 2.77 bits per heavy atom. The van der Waals surface area contributed by atoms with E-state index >= 15 is 0 Å². The number of H-pyrrole nitrogens is 1. The fourth-order valence-corrected chi connectivity index (χ4v) is 4.81. The zero-order valence-electron chi connectivity index (χ0n) is 19.6. The average Bonchev–Trinajstić information content (AvgIpc) is 3.51. The minimum Gasteiger partial charge on any atom is -0.487 e. The number of aromatic amines is 1. The van der Waals surface area contributed by atoms with Crippen molar-refractivity contribution in [2.75, 3.05) is 13.1 Å². The molecule has 3 aromatic heterocycles. The number of carbonyl (C=O) groups excluding carboxylic acids is 1. The minimum atomic E-state index is 0.0491. The molecular formula is C28H27N5O2. The highest BCUT2D eigenvalue weighted by atomic mass is 16.5. The van der Waals surface area contributed by atoms with Crippen molar-refractivity contribution >= 4 is 22.6 Å². The average molecular weight is 466 g/mol. The van der Waals surface area contributed by atoms with E-state index in [0.29, 0.717) is 24.5 Å². The maximum atomic E-state index is 13.2. The summed E-state index contributed by atoms with van der Waals surface area (Å²) >= 11 is 0. The lowest BCUT2D eigenvalue weighted by Gasteiger charge is -2.32. The van der Waals surface area contributed by atoms with Crippen LogP contribution in [-0.4, -0.2) is 43.2 Å². The van der Waals surface area contributed by atoms with E-state index in [2.05, 4.69) is 16.9 Å². The largest absolute Gasteiger partial charge is 0.487 e. The fraction of sp³-hybridized carbons (Fsp3) is 0.250. The van der Waals surface area contributed by atoms with Crippen molar-refractivity contribution in [3.63, 3.8) is 0 Å². The van der Waals surface area contributed by atoms with Crippen LogP contribution in [0.3, 0.4) is 0 Å². The van der Waals surface area contributed by atoms with Gasteiger partial charge in [-0.25, -0.2) is 9.97 Å². The quantitative estimate of drug-likeness (QED) is 0.391. The summed E-state index contributed by atoms with van der Waals surface area (Å²) in [6, 6.07) is 19.5. The SMILES string of the molecule is Cc1ccc2nc(COc3ccc(C(=O)N4CCC[C@@H](c5nc6ccccc6[nH]5)C4)cc3)cn2c1. The van der Waals surface area contributed by atoms with Crippen LogP contribution in [0.1, 0.15) is 46.2 Å². The first-order chi connectivity index (χ1) is 17.1. The molecule has 2 aromatic carbocycles. The van der Waals surface area contributed by atoms with Gasteiger partial charge in [0.05, 0.1) is 16.7 Å². The number of benzene rings is 2. The zero-order chi connectivity index (χ0) is 23.8. The monoisotopic (exact) mass is 465 g/mol. The van der Waals surface area contributed by atoms with Crippen molar-refractivity contribution in [3.05, 3.63) is 95.7 Å². The first kappa shape index (κ1) is 21.4. The molecule has 7 nitrogen and oxygen atoms in total. The smallest absolute Gasteiger partial charge is 0.253 e. The molecule has 0 radical (unpaired) electrons. The number of hydrogen-bond donors (Lipinski definition) is 1. The summed E-state index contributed by atoms with van der Waals surface area (Å²) in [6.07, 6.45) is 6.02. The van der Waals surface area contributed by atoms with Gasteiger partial charge in [-0.3, -0.25) is 4.79 Å². The lowest BCUT2D eigenvalue weighted by molar-refractivity contribution is 0.0705. The molecule has 4 heterocycles. The van der Waals surface area contributed by atoms with Crippen molar-refractivity contribution in [2.45, 2.75) is 32.3 Å². The van der Waals surface area contributed by atoms with Crippen molar-refractivity contribution < 1.29 is 9.53 Å². The highest BCUT2D eigenvalue weighted by Gasteiger charge is 2.27. The third-order valence-corrected chi connectivity index (χ3v) is 6.64. The number of aromatic nitrogens is 4. The molecule has 1 fully saturated rings. The number of aryl methyl sites for hydroxylation is 1. The van der Waals surface area contributed by atoms with E-state index in [0.717, 1.165) is 47.6 Å². The first-order valence-corrected chi connectivity index (χ1v) is 12.0. The van der Waals surface area contributed by atoms with Crippen LogP contribution in [-0.2, 0) is 6.61 Å². The number of piperidine rings is 1. The van der Waals surface area contributed by atoms with Crippen LogP contribution in [0.15, 0.2) is 73.1 Å². The van der Waals surface area contributed by atoms with Gasteiger partial charge in [0.1, 0.15) is 23.8 Å². The third-order valence-electron chi connectivity index (χ3n) is 6.64. The van der Waals surface area contributed by atoms with Gasteiger partial charge < -0.3 is 19.0 Å². The highest BCUT2D eigenvalue weighted by molar-refractivity contribution is 5.94. The summed E-state index contributed by atoms with van der Waals surface area (Å²) in [4.78, 5) is 27.9. The Bertz CT molecular complexity index is 1470. The van der Waals surface area contributed by atoms with E-state index in [1.54, 1.807) is 0 Å². The molecule has 176 valence electrons. The number of rotatable bonds is 5. The van der Waals surface area contributed by atoms with Gasteiger partial charge in [-0.15, -0.1) is 0 Å². The van der Waals surface area contributed by atoms with Crippen molar-refractivity contribution in [1.82, 2.24) is 24.3 Å². The number of fused-ring (bicyclic) bond motifs is 2. The van der Waals surface area contributed by atoms with E-state index in [4.69, 9.17) is 9.72 Å². The summed E-state index contributed by atoms with van der Waals surface area (Å²) in [5, 5.41) is 0. The third kappa shape index (κ3) is 4.37. The number of imidazole rings is 2. The first-order valence-electron chi connectivity index (χ1n) is 12.0. The summed E-state index contributed by atoms with van der Waals surface area (Å²) in [5.41, 5.74) is 5.63. The Kier molecular flexibility index (Phi) is 5.45. The van der Waals surface area contributed by atoms with Gasteiger partial charge in [0.15, 0.2) is 0 Å².